The Hall–Kier alpha value is -2.16. The van der Waals surface area contributed by atoms with Gasteiger partial charge in [0.25, 0.3) is 0 Å². The Morgan fingerprint density at radius 3 is 2.04 bits per heavy atom. The highest BCUT2D eigenvalue weighted by atomic mass is 28.2. The van der Waals surface area contributed by atoms with E-state index in [1.165, 1.54) is 37.5 Å². The number of benzene rings is 4. The Bertz CT molecular complexity index is 999. The molecule has 2 heteroatoms. The Balaban J connectivity index is 2.06. The normalized spacial score (nSPS) is 12.3. The molecule has 4 aromatic rings. The van der Waals surface area contributed by atoms with Crippen LogP contribution in [0.15, 0.2) is 66.7 Å². The first kappa shape index (κ1) is 14.4. The predicted octanol–water partition coefficient (Wildman–Crippen LogP) is 4.28. The van der Waals surface area contributed by atoms with Crippen LogP contribution in [-0.4, -0.2) is 15.9 Å². The van der Waals surface area contributed by atoms with E-state index in [-0.39, 0.29) is 6.10 Å². The molecular formula is C21H20OSi. The van der Waals surface area contributed by atoms with E-state index in [0.29, 0.717) is 0 Å². The van der Waals surface area contributed by atoms with Crippen LogP contribution < -0.4 is 5.19 Å². The minimum Gasteiger partial charge on any atom is -0.416 e. The fourth-order valence-electron chi connectivity index (χ4n) is 3.25. The highest BCUT2D eigenvalue weighted by molar-refractivity contribution is 6.56. The highest BCUT2D eigenvalue weighted by Gasteiger charge is 2.10. The van der Waals surface area contributed by atoms with E-state index in [1.54, 1.807) is 0 Å². The average Bonchev–Trinajstić information content (AvgIpc) is 2.56. The van der Waals surface area contributed by atoms with E-state index in [4.69, 9.17) is 4.43 Å². The first-order chi connectivity index (χ1) is 11.2. The Labute approximate surface area is 138 Å². The maximum Gasteiger partial charge on any atom is 0.193 e. The van der Waals surface area contributed by atoms with Gasteiger partial charge in [0.1, 0.15) is 0 Å². The van der Waals surface area contributed by atoms with E-state index in [1.807, 2.05) is 0 Å². The topological polar surface area (TPSA) is 9.23 Å². The minimum atomic E-state index is -0.769. The molecule has 0 unspecified atom stereocenters. The van der Waals surface area contributed by atoms with E-state index in [9.17, 15) is 0 Å². The van der Waals surface area contributed by atoms with Crippen molar-refractivity contribution in [2.24, 2.45) is 0 Å². The van der Waals surface area contributed by atoms with Gasteiger partial charge in [-0.05, 0) is 69.6 Å². The zero-order valence-corrected chi connectivity index (χ0v) is 15.0. The van der Waals surface area contributed by atoms with Crippen molar-refractivity contribution < 1.29 is 4.43 Å². The molecule has 0 aromatic heterocycles. The molecule has 0 aliphatic carbocycles. The number of fused-ring (bicyclic) bond motifs is 3. The van der Waals surface area contributed by atoms with Crippen molar-refractivity contribution in [1.82, 2.24) is 0 Å². The van der Waals surface area contributed by atoms with Crippen molar-refractivity contribution in [2.75, 3.05) is 0 Å². The summed E-state index contributed by atoms with van der Waals surface area (Å²) in [6, 6.07) is 24.2. The van der Waals surface area contributed by atoms with Crippen molar-refractivity contribution in [2.45, 2.75) is 20.0 Å². The summed E-state index contributed by atoms with van der Waals surface area (Å²) >= 11 is 0. The summed E-state index contributed by atoms with van der Waals surface area (Å²) in [5.41, 5.74) is 0. The monoisotopic (exact) mass is 316 g/mol. The molecule has 0 atom stereocenters. The van der Waals surface area contributed by atoms with Crippen LogP contribution in [0.2, 0.25) is 0 Å². The standard InChI is InChI=1S/C21H20OSi/c1-14(2)22-23-21-19-10-6-5-9-17(19)12-18-11-15-7-3-4-8-16(15)13-20(18)21/h3-14H,23H2,1-2H3. The van der Waals surface area contributed by atoms with E-state index in [0.717, 1.165) is 0 Å². The fraction of sp³-hybridized carbons (Fsp3) is 0.143. The van der Waals surface area contributed by atoms with Gasteiger partial charge < -0.3 is 4.43 Å². The van der Waals surface area contributed by atoms with Gasteiger partial charge in [0.15, 0.2) is 9.76 Å². The second kappa shape index (κ2) is 5.80. The van der Waals surface area contributed by atoms with Gasteiger partial charge in [-0.3, -0.25) is 0 Å². The lowest BCUT2D eigenvalue weighted by molar-refractivity contribution is 0.261. The zero-order chi connectivity index (χ0) is 15.8. The van der Waals surface area contributed by atoms with Gasteiger partial charge >= 0.3 is 0 Å². The van der Waals surface area contributed by atoms with Gasteiger partial charge in [0, 0.05) is 6.10 Å². The molecule has 0 fully saturated rings. The lowest BCUT2D eigenvalue weighted by Crippen LogP contribution is -2.22. The third-order valence-corrected chi connectivity index (χ3v) is 6.28. The summed E-state index contributed by atoms with van der Waals surface area (Å²) in [6.07, 6.45) is 0.288. The maximum absolute atomic E-state index is 6.10. The van der Waals surface area contributed by atoms with Gasteiger partial charge in [0.2, 0.25) is 0 Å². The molecule has 0 radical (unpaired) electrons. The number of rotatable bonds is 3. The van der Waals surface area contributed by atoms with Crippen molar-refractivity contribution >= 4 is 47.3 Å². The summed E-state index contributed by atoms with van der Waals surface area (Å²) in [7, 11) is -0.769. The summed E-state index contributed by atoms with van der Waals surface area (Å²) in [5.74, 6) is 0. The fourth-order valence-corrected chi connectivity index (χ4v) is 4.69. The molecule has 0 saturated carbocycles. The van der Waals surface area contributed by atoms with Gasteiger partial charge in [-0.1, -0.05) is 48.5 Å². The third-order valence-electron chi connectivity index (χ3n) is 4.40. The number of hydrogen-bond donors (Lipinski definition) is 0. The van der Waals surface area contributed by atoms with Crippen molar-refractivity contribution in [1.29, 1.82) is 0 Å². The first-order valence-electron chi connectivity index (χ1n) is 8.17. The molecule has 23 heavy (non-hydrogen) atoms. The van der Waals surface area contributed by atoms with Crippen LogP contribution in [0.3, 0.4) is 0 Å². The summed E-state index contributed by atoms with van der Waals surface area (Å²) in [5, 5.41) is 9.36. The minimum absolute atomic E-state index is 0.288. The van der Waals surface area contributed by atoms with Crippen LogP contribution in [0.4, 0.5) is 0 Å². The van der Waals surface area contributed by atoms with Gasteiger partial charge in [-0.15, -0.1) is 0 Å². The molecule has 0 spiro atoms. The molecule has 0 bridgehead atoms. The van der Waals surface area contributed by atoms with Crippen molar-refractivity contribution in [3.63, 3.8) is 0 Å². The molecule has 0 heterocycles. The highest BCUT2D eigenvalue weighted by Crippen LogP contribution is 2.26. The van der Waals surface area contributed by atoms with Crippen LogP contribution in [0.5, 0.6) is 0 Å². The maximum atomic E-state index is 6.10. The quantitative estimate of drug-likeness (QED) is 0.405. The van der Waals surface area contributed by atoms with E-state index in [2.05, 4.69) is 80.6 Å². The van der Waals surface area contributed by atoms with E-state index < -0.39 is 9.76 Å². The summed E-state index contributed by atoms with van der Waals surface area (Å²) < 4.78 is 6.10. The average molecular weight is 316 g/mol. The molecule has 0 amide bonds. The second-order valence-electron chi connectivity index (χ2n) is 6.36. The molecule has 4 aromatic carbocycles. The Morgan fingerprint density at radius 2 is 1.30 bits per heavy atom. The molecule has 0 aliphatic rings. The van der Waals surface area contributed by atoms with Crippen LogP contribution in [-0.2, 0) is 4.43 Å². The Kier molecular flexibility index (Phi) is 3.64. The van der Waals surface area contributed by atoms with Gasteiger partial charge in [0.05, 0.1) is 0 Å². The molecule has 1 nitrogen and oxygen atoms in total. The largest absolute Gasteiger partial charge is 0.416 e. The van der Waals surface area contributed by atoms with Crippen molar-refractivity contribution in [3.8, 4) is 0 Å². The van der Waals surface area contributed by atoms with Crippen LogP contribution >= 0.6 is 0 Å². The molecular weight excluding hydrogens is 296 g/mol. The molecule has 4 rings (SSSR count). The SMILES string of the molecule is CC(C)O[SiH2]c1c2ccccc2cc2cc3ccccc3cc12. The van der Waals surface area contributed by atoms with E-state index >= 15 is 0 Å². The van der Waals surface area contributed by atoms with Crippen LogP contribution in [0.25, 0.3) is 32.3 Å². The molecule has 0 aliphatic heterocycles. The van der Waals surface area contributed by atoms with Crippen LogP contribution in [0, 0.1) is 0 Å². The summed E-state index contributed by atoms with van der Waals surface area (Å²) in [4.78, 5) is 0. The smallest absolute Gasteiger partial charge is 0.193 e. The summed E-state index contributed by atoms with van der Waals surface area (Å²) in [6.45, 7) is 4.24. The predicted molar refractivity (Wildman–Crippen MR) is 103 cm³/mol. The zero-order valence-electron chi connectivity index (χ0n) is 13.5. The first-order valence-corrected chi connectivity index (χ1v) is 9.45. The van der Waals surface area contributed by atoms with Gasteiger partial charge in [-0.2, -0.15) is 0 Å². The number of hydrogen-bond acceptors (Lipinski definition) is 1. The lowest BCUT2D eigenvalue weighted by Gasteiger charge is -2.14. The van der Waals surface area contributed by atoms with Crippen molar-refractivity contribution in [3.05, 3.63) is 66.7 Å². The molecule has 114 valence electrons. The van der Waals surface area contributed by atoms with Gasteiger partial charge in [-0.25, -0.2) is 0 Å². The lowest BCUT2D eigenvalue weighted by atomic mass is 9.99. The second-order valence-corrected chi connectivity index (χ2v) is 7.69. The molecule has 0 N–H and O–H groups in total. The van der Waals surface area contributed by atoms with Crippen LogP contribution in [0.1, 0.15) is 13.8 Å². The third kappa shape index (κ3) is 2.65. The molecule has 0 saturated heterocycles. The Morgan fingerprint density at radius 1 is 0.696 bits per heavy atom.